The van der Waals surface area contributed by atoms with Crippen molar-refractivity contribution < 1.29 is 41.4 Å². The van der Waals surface area contributed by atoms with E-state index in [-0.39, 0.29) is 62.6 Å². The number of alkyl halides is 3. The molecule has 0 unspecified atom stereocenters. The number of nitrogens with zero attached hydrogens (tertiary/aromatic N) is 8. The zero-order chi connectivity index (χ0) is 33.6. The number of hydrogen-bond acceptors (Lipinski definition) is 11. The number of hydrogen-bond donors (Lipinski definition) is 0. The minimum atomic E-state index is -5.16. The van der Waals surface area contributed by atoms with Crippen molar-refractivity contribution in [1.29, 1.82) is 5.26 Å². The lowest BCUT2D eigenvalue weighted by Gasteiger charge is -2.40. The van der Waals surface area contributed by atoms with Gasteiger partial charge in [0.25, 0.3) is 0 Å². The Labute approximate surface area is 263 Å². The Bertz CT molecular complexity index is 1500. The van der Waals surface area contributed by atoms with Gasteiger partial charge in [0.1, 0.15) is 29.4 Å². The van der Waals surface area contributed by atoms with Gasteiger partial charge >= 0.3 is 18.3 Å². The Morgan fingerprint density at radius 1 is 1.22 bits per heavy atom. The van der Waals surface area contributed by atoms with Gasteiger partial charge in [0.2, 0.25) is 5.84 Å². The van der Waals surface area contributed by atoms with E-state index in [2.05, 4.69) is 19.9 Å². The van der Waals surface area contributed by atoms with E-state index in [0.717, 1.165) is 32.5 Å². The van der Waals surface area contributed by atoms with E-state index in [0.29, 0.717) is 4.90 Å². The highest BCUT2D eigenvalue weighted by Gasteiger charge is 2.42. The number of amidine groups is 1. The SMILES string of the molecule is COC(=O)N1CCN(c2nc(OC[C@@H]3CCCN3C)nc(C=O)c2N=C(N(C)c2c(F)cccc2OC)C(F)(F)F)C[C@@H]1CC#N. The number of carbonyl (C=O) groups is 2. The Kier molecular flexibility index (Phi) is 10.8. The maximum Gasteiger partial charge on any atom is 0.449 e. The summed E-state index contributed by atoms with van der Waals surface area (Å²) in [6, 6.07) is 4.58. The second kappa shape index (κ2) is 14.6. The molecule has 0 N–H and O–H groups in total. The van der Waals surface area contributed by atoms with Gasteiger partial charge in [0.15, 0.2) is 17.9 Å². The van der Waals surface area contributed by atoms with E-state index in [9.17, 15) is 32.4 Å². The number of aromatic nitrogens is 2. The number of piperazine rings is 1. The molecule has 17 heteroatoms. The topological polar surface area (TPSA) is 137 Å². The third-order valence-corrected chi connectivity index (χ3v) is 7.87. The van der Waals surface area contributed by atoms with Crippen LogP contribution < -0.4 is 19.3 Å². The van der Waals surface area contributed by atoms with Crippen LogP contribution in [0.4, 0.5) is 39.5 Å². The highest BCUT2D eigenvalue weighted by atomic mass is 19.4. The fourth-order valence-electron chi connectivity index (χ4n) is 5.49. The molecular formula is C29H34F4N8O5. The van der Waals surface area contributed by atoms with Gasteiger partial charge in [-0.05, 0) is 38.6 Å². The molecule has 0 spiro atoms. The predicted molar refractivity (Wildman–Crippen MR) is 158 cm³/mol. The van der Waals surface area contributed by atoms with Gasteiger partial charge in [-0.2, -0.15) is 28.4 Å². The number of halogens is 4. The van der Waals surface area contributed by atoms with Crippen molar-refractivity contribution in [2.24, 2.45) is 4.99 Å². The van der Waals surface area contributed by atoms with Crippen molar-refractivity contribution >= 4 is 35.4 Å². The lowest BCUT2D eigenvalue weighted by Crippen LogP contribution is -2.55. The normalized spacial score (nSPS) is 19.1. The minimum absolute atomic E-state index is 0.0180. The second-order valence-electron chi connectivity index (χ2n) is 10.7. The first-order valence-electron chi connectivity index (χ1n) is 14.3. The van der Waals surface area contributed by atoms with Gasteiger partial charge in [-0.3, -0.25) is 4.79 Å². The third kappa shape index (κ3) is 7.39. The molecule has 13 nitrogen and oxygen atoms in total. The van der Waals surface area contributed by atoms with Gasteiger partial charge in [-0.1, -0.05) is 6.07 Å². The number of rotatable bonds is 9. The van der Waals surface area contributed by atoms with E-state index in [1.165, 1.54) is 36.2 Å². The zero-order valence-corrected chi connectivity index (χ0v) is 25.8. The van der Waals surface area contributed by atoms with Crippen LogP contribution in [0.15, 0.2) is 23.2 Å². The van der Waals surface area contributed by atoms with Crippen LogP contribution in [0.25, 0.3) is 0 Å². The third-order valence-electron chi connectivity index (χ3n) is 7.87. The average molecular weight is 651 g/mol. The maximum atomic E-state index is 14.9. The summed E-state index contributed by atoms with van der Waals surface area (Å²) in [5, 5.41) is 9.43. The molecule has 2 fully saturated rings. The Balaban J connectivity index is 1.87. The van der Waals surface area contributed by atoms with Gasteiger partial charge in [-0.25, -0.2) is 14.2 Å². The summed E-state index contributed by atoms with van der Waals surface area (Å²) in [7, 11) is 5.26. The Morgan fingerprint density at radius 3 is 2.59 bits per heavy atom. The quantitative estimate of drug-likeness (QED) is 0.170. The van der Waals surface area contributed by atoms with Crippen LogP contribution >= 0.6 is 0 Å². The molecule has 1 aromatic carbocycles. The number of carbonyl (C=O) groups excluding carboxylic acids is 2. The van der Waals surface area contributed by atoms with Crippen molar-refractivity contribution in [1.82, 2.24) is 19.8 Å². The summed E-state index contributed by atoms with van der Waals surface area (Å²) in [6.07, 6.45) is -3.94. The Morgan fingerprint density at radius 2 is 1.98 bits per heavy atom. The maximum absolute atomic E-state index is 14.9. The average Bonchev–Trinajstić information content (AvgIpc) is 3.45. The van der Waals surface area contributed by atoms with Crippen molar-refractivity contribution in [3.63, 3.8) is 0 Å². The van der Waals surface area contributed by atoms with E-state index in [1.807, 2.05) is 13.1 Å². The predicted octanol–water partition coefficient (Wildman–Crippen LogP) is 3.81. The van der Waals surface area contributed by atoms with Gasteiger partial charge in [-0.15, -0.1) is 0 Å². The summed E-state index contributed by atoms with van der Waals surface area (Å²) in [5.74, 6) is -2.99. The molecule has 2 aliphatic rings. The molecule has 46 heavy (non-hydrogen) atoms. The molecule has 1 aromatic heterocycles. The van der Waals surface area contributed by atoms with E-state index in [1.54, 1.807) is 0 Å². The number of likely N-dealkylation sites (tertiary alicyclic amines) is 1. The highest BCUT2D eigenvalue weighted by Crippen LogP contribution is 2.38. The standard InChI is InChI=1S/C29H34F4N8O5/c1-38-12-6-7-19(38)17-46-27-35-21(16-42)23(25(37-27)40-13-14-41(28(43)45-4)18(15-40)10-11-34)36-26(29(31,32)33)39(2)24-20(30)8-5-9-22(24)44-3/h5,8-9,16,18-19H,6-7,10,12-15,17H2,1-4H3/t18-,19-/m0/s1. The number of likely N-dealkylation sites (N-methyl/N-ethyl adjacent to an activating group) is 1. The number of nitriles is 1. The lowest BCUT2D eigenvalue weighted by atomic mass is 10.1. The number of ether oxygens (including phenoxy) is 3. The molecule has 248 valence electrons. The first kappa shape index (κ1) is 34.2. The first-order valence-corrected chi connectivity index (χ1v) is 14.3. The van der Waals surface area contributed by atoms with Crippen molar-refractivity contribution in [2.45, 2.75) is 37.5 Å². The second-order valence-corrected chi connectivity index (χ2v) is 10.7. The lowest BCUT2D eigenvalue weighted by molar-refractivity contribution is -0.0599. The number of aldehydes is 1. The number of amides is 1. The van der Waals surface area contributed by atoms with E-state index in [4.69, 9.17) is 14.2 Å². The van der Waals surface area contributed by atoms with Crippen LogP contribution in [0, 0.1) is 17.1 Å². The number of aliphatic imine (C=N–C) groups is 1. The summed E-state index contributed by atoms with van der Waals surface area (Å²) in [4.78, 5) is 42.5. The van der Waals surface area contributed by atoms with Gasteiger partial charge in [0.05, 0.1) is 32.8 Å². The van der Waals surface area contributed by atoms with Crippen molar-refractivity contribution in [3.05, 3.63) is 29.7 Å². The summed E-state index contributed by atoms with van der Waals surface area (Å²) >= 11 is 0. The number of methoxy groups -OCH3 is 2. The Hall–Kier alpha value is -4.72. The minimum Gasteiger partial charge on any atom is -0.494 e. The molecule has 3 heterocycles. The largest absolute Gasteiger partial charge is 0.494 e. The molecule has 2 atom stereocenters. The molecule has 4 rings (SSSR count). The number of para-hydroxylation sites is 1. The summed E-state index contributed by atoms with van der Waals surface area (Å²) < 4.78 is 74.7. The van der Waals surface area contributed by atoms with Crippen LogP contribution in [0.1, 0.15) is 29.8 Å². The summed E-state index contributed by atoms with van der Waals surface area (Å²) in [5.41, 5.74) is -1.61. The molecule has 0 radical (unpaired) electrons. The summed E-state index contributed by atoms with van der Waals surface area (Å²) in [6.45, 7) is 0.998. The smallest absolute Gasteiger partial charge is 0.449 e. The molecule has 0 saturated carbocycles. The zero-order valence-electron chi connectivity index (χ0n) is 25.8. The van der Waals surface area contributed by atoms with E-state index < -0.39 is 47.0 Å². The molecule has 2 saturated heterocycles. The van der Waals surface area contributed by atoms with Crippen molar-refractivity contribution in [2.75, 3.05) is 70.9 Å². The molecule has 0 aliphatic carbocycles. The number of anilines is 2. The molecule has 0 bridgehead atoms. The fourth-order valence-corrected chi connectivity index (χ4v) is 5.49. The monoisotopic (exact) mass is 650 g/mol. The molecule has 1 amide bonds. The van der Waals surface area contributed by atoms with Crippen LogP contribution in [0.5, 0.6) is 11.8 Å². The molecular weight excluding hydrogens is 616 g/mol. The van der Waals surface area contributed by atoms with Crippen LogP contribution in [0.3, 0.4) is 0 Å². The molecule has 2 aromatic rings. The van der Waals surface area contributed by atoms with Crippen LogP contribution in [0.2, 0.25) is 0 Å². The first-order chi connectivity index (χ1) is 21.9. The number of benzene rings is 1. The van der Waals surface area contributed by atoms with Crippen LogP contribution in [-0.4, -0.2) is 117 Å². The fraction of sp³-hybridized carbons (Fsp3) is 0.517. The van der Waals surface area contributed by atoms with Gasteiger partial charge in [0, 0.05) is 32.7 Å². The van der Waals surface area contributed by atoms with Gasteiger partial charge < -0.3 is 33.8 Å². The van der Waals surface area contributed by atoms with E-state index >= 15 is 0 Å². The van der Waals surface area contributed by atoms with Crippen molar-refractivity contribution in [3.8, 4) is 17.8 Å². The molecule has 2 aliphatic heterocycles. The highest BCUT2D eigenvalue weighted by molar-refractivity contribution is 6.05. The van der Waals surface area contributed by atoms with Crippen LogP contribution in [-0.2, 0) is 4.74 Å².